The highest BCUT2D eigenvalue weighted by Crippen LogP contribution is 2.33. The summed E-state index contributed by atoms with van der Waals surface area (Å²) in [7, 11) is 0. The molecule has 1 N–H and O–H groups in total. The number of hydrogen-bond donors (Lipinski definition) is 1. The lowest BCUT2D eigenvalue weighted by molar-refractivity contribution is 0.0902. The second-order valence-corrected chi connectivity index (χ2v) is 6.10. The summed E-state index contributed by atoms with van der Waals surface area (Å²) in [5, 5.41) is 2.24. The van der Waals surface area contributed by atoms with Crippen molar-refractivity contribution in [3.63, 3.8) is 0 Å². The number of imidazole rings is 1. The van der Waals surface area contributed by atoms with Crippen LogP contribution in [0, 0.1) is 12.8 Å². The molecule has 0 fully saturated rings. The molecule has 1 aliphatic carbocycles. The van der Waals surface area contributed by atoms with Crippen LogP contribution in [0.3, 0.4) is 0 Å². The van der Waals surface area contributed by atoms with Crippen molar-refractivity contribution in [2.24, 2.45) is 5.92 Å². The van der Waals surface area contributed by atoms with Crippen LogP contribution in [-0.2, 0) is 12.8 Å². The number of nitrogens with zero attached hydrogens (tertiary/aromatic N) is 1. The maximum atomic E-state index is 13.0. The van der Waals surface area contributed by atoms with Gasteiger partial charge in [0, 0.05) is 23.6 Å². The molecule has 1 aromatic heterocycles. The Morgan fingerprint density at radius 1 is 1.23 bits per heavy atom. The van der Waals surface area contributed by atoms with Gasteiger partial charge in [0.05, 0.1) is 12.0 Å². The van der Waals surface area contributed by atoms with E-state index >= 15 is 0 Å². The molecule has 2 aromatic carbocycles. The van der Waals surface area contributed by atoms with E-state index in [4.69, 9.17) is 0 Å². The Balaban J connectivity index is 1.76. The minimum atomic E-state index is 0.0420. The zero-order valence-corrected chi connectivity index (χ0v) is 12.6. The fraction of sp³-hybridized carbons (Fsp3) is 0.263. The highest BCUT2D eigenvalue weighted by Gasteiger charge is 2.29. The first-order valence-corrected chi connectivity index (χ1v) is 7.77. The number of Topliss-reactive ketones (excluding diaryl/α,β-unsaturated/α-hetero) is 1. The maximum Gasteiger partial charge on any atom is 0.167 e. The van der Waals surface area contributed by atoms with Gasteiger partial charge >= 0.3 is 0 Å². The van der Waals surface area contributed by atoms with Crippen molar-refractivity contribution in [2.75, 3.05) is 0 Å². The number of benzene rings is 2. The Morgan fingerprint density at radius 2 is 2.09 bits per heavy atom. The number of aryl methyl sites for hydroxylation is 2. The smallest absolute Gasteiger partial charge is 0.167 e. The van der Waals surface area contributed by atoms with Gasteiger partial charge in [-0.3, -0.25) is 4.79 Å². The lowest BCUT2D eigenvalue weighted by Crippen LogP contribution is -2.25. The largest absolute Gasteiger partial charge is 0.348 e. The molecule has 0 spiro atoms. The lowest BCUT2D eigenvalue weighted by atomic mass is 9.78. The summed E-state index contributed by atoms with van der Waals surface area (Å²) < 4.78 is 0. The van der Waals surface area contributed by atoms with E-state index in [1.807, 2.05) is 19.1 Å². The summed E-state index contributed by atoms with van der Waals surface area (Å²) in [5.74, 6) is 0.320. The summed E-state index contributed by atoms with van der Waals surface area (Å²) >= 11 is 0. The van der Waals surface area contributed by atoms with E-state index in [-0.39, 0.29) is 11.7 Å². The minimum Gasteiger partial charge on any atom is -0.348 e. The van der Waals surface area contributed by atoms with Gasteiger partial charge in [-0.15, -0.1) is 0 Å². The van der Waals surface area contributed by atoms with Gasteiger partial charge in [0.15, 0.2) is 5.78 Å². The number of H-pyrrole nitrogens is 1. The van der Waals surface area contributed by atoms with Crippen molar-refractivity contribution in [1.82, 2.24) is 9.97 Å². The van der Waals surface area contributed by atoms with E-state index in [9.17, 15) is 4.79 Å². The predicted molar refractivity (Wildman–Crippen MR) is 87.1 cm³/mol. The molecule has 3 heteroatoms. The molecule has 3 aromatic rings. The number of nitrogens with one attached hydrogen (secondary N) is 1. The van der Waals surface area contributed by atoms with E-state index in [1.165, 1.54) is 5.56 Å². The second kappa shape index (κ2) is 5.09. The zero-order chi connectivity index (χ0) is 15.1. The quantitative estimate of drug-likeness (QED) is 0.779. The fourth-order valence-corrected chi connectivity index (χ4v) is 3.50. The molecule has 1 atom stereocenters. The molecule has 0 saturated heterocycles. The third-order valence-corrected chi connectivity index (χ3v) is 4.77. The average Bonchev–Trinajstić information content (AvgIpc) is 2.94. The number of aromatic nitrogens is 2. The second-order valence-electron chi connectivity index (χ2n) is 6.10. The Morgan fingerprint density at radius 3 is 2.91 bits per heavy atom. The number of aromatic amines is 1. The Kier molecular flexibility index (Phi) is 3.07. The van der Waals surface area contributed by atoms with E-state index in [1.54, 1.807) is 6.33 Å². The third kappa shape index (κ3) is 2.05. The third-order valence-electron chi connectivity index (χ3n) is 4.77. The van der Waals surface area contributed by atoms with Gasteiger partial charge in [0.1, 0.15) is 0 Å². The maximum absolute atomic E-state index is 13.0. The molecule has 0 aliphatic heterocycles. The fourth-order valence-electron chi connectivity index (χ4n) is 3.50. The average molecular weight is 290 g/mol. The molecular weight excluding hydrogens is 272 g/mol. The Labute approximate surface area is 129 Å². The van der Waals surface area contributed by atoms with Crippen LogP contribution in [0.15, 0.2) is 42.7 Å². The number of rotatable bonds is 2. The molecular formula is C19H18N2O. The highest BCUT2D eigenvalue weighted by molar-refractivity contribution is 6.11. The van der Waals surface area contributed by atoms with Crippen molar-refractivity contribution in [3.05, 3.63) is 65.2 Å². The monoisotopic (exact) mass is 290 g/mol. The van der Waals surface area contributed by atoms with E-state index in [0.29, 0.717) is 0 Å². The molecule has 1 heterocycles. The van der Waals surface area contributed by atoms with Crippen molar-refractivity contribution < 1.29 is 4.79 Å². The Hall–Kier alpha value is -2.42. The molecule has 0 amide bonds. The van der Waals surface area contributed by atoms with Gasteiger partial charge in [0.25, 0.3) is 0 Å². The normalized spacial score (nSPS) is 17.7. The minimum absolute atomic E-state index is 0.0420. The van der Waals surface area contributed by atoms with Crippen LogP contribution in [-0.4, -0.2) is 15.8 Å². The Bertz CT molecular complexity index is 863. The van der Waals surface area contributed by atoms with Gasteiger partial charge < -0.3 is 4.98 Å². The van der Waals surface area contributed by atoms with Crippen LogP contribution < -0.4 is 0 Å². The molecule has 3 nitrogen and oxygen atoms in total. The molecule has 1 aliphatic rings. The van der Waals surface area contributed by atoms with E-state index in [0.717, 1.165) is 47.0 Å². The number of carbonyl (C=O) groups excluding carboxylic acids is 1. The summed E-state index contributed by atoms with van der Waals surface area (Å²) in [6.07, 6.45) is 4.33. The molecule has 0 saturated carbocycles. The van der Waals surface area contributed by atoms with Crippen molar-refractivity contribution >= 4 is 16.6 Å². The molecule has 22 heavy (non-hydrogen) atoms. The summed E-state index contributed by atoms with van der Waals surface area (Å²) in [5.41, 5.74) is 4.21. The van der Waals surface area contributed by atoms with Crippen LogP contribution >= 0.6 is 0 Å². The van der Waals surface area contributed by atoms with Crippen LogP contribution in [0.25, 0.3) is 10.8 Å². The van der Waals surface area contributed by atoms with E-state index < -0.39 is 0 Å². The van der Waals surface area contributed by atoms with Crippen molar-refractivity contribution in [1.29, 1.82) is 0 Å². The zero-order valence-electron chi connectivity index (χ0n) is 12.6. The standard InChI is InChI=1S/C19H18N2O/c1-12-17(21-11-20-12)10-15-9-8-14-7-6-13-4-2-3-5-16(13)18(14)19(15)22/h2-7,11,15H,8-10H2,1H3,(H,20,21). The number of hydrogen-bond acceptors (Lipinski definition) is 2. The summed E-state index contributed by atoms with van der Waals surface area (Å²) in [6, 6.07) is 12.4. The van der Waals surface area contributed by atoms with Crippen LogP contribution in [0.1, 0.15) is 33.7 Å². The number of carbonyl (C=O) groups is 1. The van der Waals surface area contributed by atoms with Gasteiger partial charge in [0.2, 0.25) is 0 Å². The number of ketones is 1. The van der Waals surface area contributed by atoms with Gasteiger partial charge in [-0.05, 0) is 36.1 Å². The van der Waals surface area contributed by atoms with E-state index in [2.05, 4.69) is 34.2 Å². The van der Waals surface area contributed by atoms with Crippen molar-refractivity contribution in [2.45, 2.75) is 26.2 Å². The van der Waals surface area contributed by atoms with Gasteiger partial charge in [-0.25, -0.2) is 4.98 Å². The first kappa shape index (κ1) is 13.3. The molecule has 0 radical (unpaired) electrons. The first-order chi connectivity index (χ1) is 10.7. The van der Waals surface area contributed by atoms with Crippen LogP contribution in [0.2, 0.25) is 0 Å². The number of fused-ring (bicyclic) bond motifs is 3. The summed E-state index contributed by atoms with van der Waals surface area (Å²) in [6.45, 7) is 2.01. The predicted octanol–water partition coefficient (Wildman–Crippen LogP) is 3.86. The first-order valence-electron chi connectivity index (χ1n) is 7.77. The topological polar surface area (TPSA) is 45.8 Å². The SMILES string of the molecule is Cc1[nH]cnc1CC1CCc2ccc3ccccc3c2C1=O. The molecule has 1 unspecified atom stereocenters. The molecule has 110 valence electrons. The molecule has 4 rings (SSSR count). The lowest BCUT2D eigenvalue weighted by Gasteiger charge is -2.24. The summed E-state index contributed by atoms with van der Waals surface area (Å²) in [4.78, 5) is 20.5. The highest BCUT2D eigenvalue weighted by atomic mass is 16.1. The van der Waals surface area contributed by atoms with Crippen LogP contribution in [0.5, 0.6) is 0 Å². The molecule has 0 bridgehead atoms. The van der Waals surface area contributed by atoms with Crippen molar-refractivity contribution in [3.8, 4) is 0 Å². The van der Waals surface area contributed by atoms with Gasteiger partial charge in [-0.2, -0.15) is 0 Å². The van der Waals surface area contributed by atoms with Crippen LogP contribution in [0.4, 0.5) is 0 Å². The van der Waals surface area contributed by atoms with Gasteiger partial charge in [-0.1, -0.05) is 36.4 Å².